The van der Waals surface area contributed by atoms with Gasteiger partial charge in [-0.15, -0.1) is 0 Å². The van der Waals surface area contributed by atoms with Crippen LogP contribution in [0.2, 0.25) is 0 Å². The Balaban J connectivity index is 1.76. The first-order chi connectivity index (χ1) is 13.0. The van der Waals surface area contributed by atoms with Gasteiger partial charge in [0.2, 0.25) is 0 Å². The second-order valence-corrected chi connectivity index (χ2v) is 6.65. The van der Waals surface area contributed by atoms with Crippen LogP contribution in [0.4, 0.5) is 5.82 Å². The van der Waals surface area contributed by atoms with Crippen molar-refractivity contribution in [1.29, 1.82) is 0 Å². The number of aromatic nitrogens is 2. The van der Waals surface area contributed by atoms with Gasteiger partial charge in [0.25, 0.3) is 5.91 Å². The highest BCUT2D eigenvalue weighted by Crippen LogP contribution is 2.16. The van der Waals surface area contributed by atoms with Crippen molar-refractivity contribution < 1.29 is 4.79 Å². The van der Waals surface area contributed by atoms with Crippen LogP contribution in [-0.2, 0) is 13.1 Å². The zero-order valence-electron chi connectivity index (χ0n) is 16.0. The minimum absolute atomic E-state index is 0.112. The molecule has 1 amide bonds. The fourth-order valence-corrected chi connectivity index (χ4v) is 2.92. The molecule has 1 aromatic heterocycles. The number of amides is 1. The van der Waals surface area contributed by atoms with Crippen molar-refractivity contribution >= 4 is 11.7 Å². The highest BCUT2D eigenvalue weighted by molar-refractivity contribution is 5.92. The monoisotopic (exact) mass is 360 g/mol. The number of hydrogen-bond donors (Lipinski definition) is 0. The van der Waals surface area contributed by atoms with Crippen LogP contribution in [-0.4, -0.2) is 34.9 Å². The van der Waals surface area contributed by atoms with E-state index in [4.69, 9.17) is 0 Å². The summed E-state index contributed by atoms with van der Waals surface area (Å²) < 4.78 is 0. The Kier molecular flexibility index (Phi) is 5.81. The molecule has 0 spiro atoms. The third-order valence-electron chi connectivity index (χ3n) is 4.31. The van der Waals surface area contributed by atoms with E-state index in [0.29, 0.717) is 24.6 Å². The summed E-state index contributed by atoms with van der Waals surface area (Å²) in [4.78, 5) is 25.4. The molecular weight excluding hydrogens is 336 g/mol. The molecule has 0 aliphatic rings. The molecule has 0 unspecified atom stereocenters. The molecule has 138 valence electrons. The molecule has 0 bridgehead atoms. The van der Waals surface area contributed by atoms with Crippen LogP contribution in [0.15, 0.2) is 66.7 Å². The van der Waals surface area contributed by atoms with Crippen molar-refractivity contribution in [3.63, 3.8) is 0 Å². The molecule has 2 aromatic carbocycles. The van der Waals surface area contributed by atoms with Crippen molar-refractivity contribution in [3.05, 3.63) is 89.4 Å². The number of nitrogens with zero attached hydrogens (tertiary/aromatic N) is 4. The van der Waals surface area contributed by atoms with Crippen molar-refractivity contribution in [2.24, 2.45) is 0 Å². The van der Waals surface area contributed by atoms with Crippen LogP contribution in [0.3, 0.4) is 0 Å². The van der Waals surface area contributed by atoms with E-state index in [1.807, 2.05) is 67.4 Å². The molecule has 0 saturated carbocycles. The normalized spacial score (nSPS) is 10.5. The van der Waals surface area contributed by atoms with E-state index in [9.17, 15) is 4.79 Å². The molecule has 0 radical (unpaired) electrons. The standard InChI is InChI=1S/C22H24N4O/c1-17-23-20(22(27)26(3)16-19-12-8-5-9-13-19)14-21(24-17)25(2)15-18-10-6-4-7-11-18/h4-14H,15-16H2,1-3H3. The molecule has 0 saturated heterocycles. The van der Waals surface area contributed by atoms with E-state index >= 15 is 0 Å². The average molecular weight is 360 g/mol. The fraction of sp³-hybridized carbons (Fsp3) is 0.227. The lowest BCUT2D eigenvalue weighted by atomic mass is 10.2. The third-order valence-corrected chi connectivity index (χ3v) is 4.31. The average Bonchev–Trinajstić information content (AvgIpc) is 2.68. The molecular formula is C22H24N4O. The Morgan fingerprint density at radius 2 is 1.41 bits per heavy atom. The van der Waals surface area contributed by atoms with Gasteiger partial charge in [0.1, 0.15) is 17.3 Å². The summed E-state index contributed by atoms with van der Waals surface area (Å²) >= 11 is 0. The van der Waals surface area contributed by atoms with Gasteiger partial charge in [-0.2, -0.15) is 0 Å². The molecule has 3 aromatic rings. The quantitative estimate of drug-likeness (QED) is 0.673. The van der Waals surface area contributed by atoms with E-state index in [0.717, 1.165) is 11.4 Å². The molecule has 0 fully saturated rings. The molecule has 27 heavy (non-hydrogen) atoms. The molecule has 0 N–H and O–H groups in total. The zero-order chi connectivity index (χ0) is 19.2. The molecule has 5 nitrogen and oxygen atoms in total. The van der Waals surface area contributed by atoms with Gasteiger partial charge in [0.05, 0.1) is 0 Å². The van der Waals surface area contributed by atoms with Gasteiger partial charge < -0.3 is 9.80 Å². The maximum atomic E-state index is 12.9. The van der Waals surface area contributed by atoms with Gasteiger partial charge in [-0.25, -0.2) is 9.97 Å². The Morgan fingerprint density at radius 1 is 0.852 bits per heavy atom. The highest BCUT2D eigenvalue weighted by Gasteiger charge is 2.17. The number of benzene rings is 2. The summed E-state index contributed by atoms with van der Waals surface area (Å²) in [5.41, 5.74) is 2.68. The molecule has 3 rings (SSSR count). The lowest BCUT2D eigenvalue weighted by Crippen LogP contribution is -2.28. The first kappa shape index (κ1) is 18.6. The number of anilines is 1. The van der Waals surface area contributed by atoms with E-state index in [1.165, 1.54) is 5.56 Å². The molecule has 0 atom stereocenters. The minimum Gasteiger partial charge on any atom is -0.355 e. The second-order valence-electron chi connectivity index (χ2n) is 6.65. The lowest BCUT2D eigenvalue weighted by Gasteiger charge is -2.21. The molecule has 0 aliphatic carbocycles. The van der Waals surface area contributed by atoms with E-state index in [-0.39, 0.29) is 5.91 Å². The van der Waals surface area contributed by atoms with E-state index < -0.39 is 0 Å². The number of hydrogen-bond acceptors (Lipinski definition) is 4. The van der Waals surface area contributed by atoms with Gasteiger partial charge in [0, 0.05) is 33.3 Å². The second kappa shape index (κ2) is 8.45. The summed E-state index contributed by atoms with van der Waals surface area (Å²) in [6.45, 7) is 3.07. The first-order valence-electron chi connectivity index (χ1n) is 8.93. The van der Waals surface area contributed by atoms with Gasteiger partial charge in [-0.1, -0.05) is 60.7 Å². The third kappa shape index (κ3) is 4.91. The topological polar surface area (TPSA) is 49.3 Å². The van der Waals surface area contributed by atoms with Gasteiger partial charge >= 0.3 is 0 Å². The highest BCUT2D eigenvalue weighted by atomic mass is 16.2. The summed E-state index contributed by atoms with van der Waals surface area (Å²) in [5, 5.41) is 0. The van der Waals surface area contributed by atoms with Gasteiger partial charge in [-0.3, -0.25) is 4.79 Å². The maximum absolute atomic E-state index is 12.9. The summed E-state index contributed by atoms with van der Waals surface area (Å²) in [7, 11) is 3.76. The Bertz CT molecular complexity index is 897. The van der Waals surface area contributed by atoms with Crippen LogP contribution < -0.4 is 4.90 Å². The van der Waals surface area contributed by atoms with Gasteiger partial charge in [0.15, 0.2) is 0 Å². The van der Waals surface area contributed by atoms with Gasteiger partial charge in [-0.05, 0) is 18.1 Å². The van der Waals surface area contributed by atoms with Crippen molar-refractivity contribution in [3.8, 4) is 0 Å². The largest absolute Gasteiger partial charge is 0.355 e. The van der Waals surface area contributed by atoms with Crippen LogP contribution in [0.1, 0.15) is 27.4 Å². The molecule has 5 heteroatoms. The summed E-state index contributed by atoms with van der Waals surface area (Å²) in [5.74, 6) is 1.21. The maximum Gasteiger partial charge on any atom is 0.272 e. The Hall–Kier alpha value is -3.21. The van der Waals surface area contributed by atoms with Crippen molar-refractivity contribution in [2.75, 3.05) is 19.0 Å². The van der Waals surface area contributed by atoms with Crippen molar-refractivity contribution in [2.45, 2.75) is 20.0 Å². The van der Waals surface area contributed by atoms with E-state index in [1.54, 1.807) is 18.0 Å². The number of aryl methyl sites for hydroxylation is 1. The smallest absolute Gasteiger partial charge is 0.272 e. The van der Waals surface area contributed by atoms with Crippen LogP contribution in [0, 0.1) is 6.92 Å². The zero-order valence-corrected chi connectivity index (χ0v) is 16.0. The number of carbonyl (C=O) groups excluding carboxylic acids is 1. The summed E-state index contributed by atoms with van der Waals surface area (Å²) in [6.07, 6.45) is 0. The molecule has 0 aliphatic heterocycles. The first-order valence-corrected chi connectivity index (χ1v) is 8.93. The number of rotatable bonds is 6. The van der Waals surface area contributed by atoms with Crippen LogP contribution in [0.25, 0.3) is 0 Å². The SMILES string of the molecule is Cc1nc(C(=O)N(C)Cc2ccccc2)cc(N(C)Cc2ccccc2)n1. The van der Waals surface area contributed by atoms with Crippen LogP contribution >= 0.6 is 0 Å². The Labute approximate surface area is 160 Å². The molecule has 1 heterocycles. The van der Waals surface area contributed by atoms with Crippen LogP contribution in [0.5, 0.6) is 0 Å². The fourth-order valence-electron chi connectivity index (χ4n) is 2.92. The van der Waals surface area contributed by atoms with Crippen molar-refractivity contribution in [1.82, 2.24) is 14.9 Å². The number of carbonyl (C=O) groups is 1. The Morgan fingerprint density at radius 3 is 2.00 bits per heavy atom. The summed E-state index contributed by atoms with van der Waals surface area (Å²) in [6, 6.07) is 21.9. The predicted octanol–water partition coefficient (Wildman–Crippen LogP) is 3.69. The lowest BCUT2D eigenvalue weighted by molar-refractivity contribution is 0.0779. The predicted molar refractivity (Wildman–Crippen MR) is 108 cm³/mol. The minimum atomic E-state index is -0.112. The van der Waals surface area contributed by atoms with E-state index in [2.05, 4.69) is 22.1 Å².